The van der Waals surface area contributed by atoms with Crippen molar-refractivity contribution in [3.05, 3.63) is 0 Å². The highest BCUT2D eigenvalue weighted by Gasteiger charge is 2.36. The van der Waals surface area contributed by atoms with Crippen LogP contribution in [-0.4, -0.2) is 60.9 Å². The fourth-order valence-electron chi connectivity index (χ4n) is 3.61. The van der Waals surface area contributed by atoms with Crippen molar-refractivity contribution >= 4 is 5.91 Å². The van der Waals surface area contributed by atoms with E-state index in [4.69, 9.17) is 4.74 Å². The predicted molar refractivity (Wildman–Crippen MR) is 82.1 cm³/mol. The second-order valence-electron chi connectivity index (χ2n) is 6.85. The Bertz CT molecular complexity index is 347. The third-order valence-electron chi connectivity index (χ3n) is 5.21. The van der Waals surface area contributed by atoms with Gasteiger partial charge in [-0.25, -0.2) is 0 Å². The Morgan fingerprint density at radius 2 is 1.81 bits per heavy atom. The standard InChI is InChI=1S/C16H30N2O3/c1-17-15(6-4-3-5-7-15)12-14(19)18(2)13-16(20)8-10-21-11-9-16/h17,20H,3-13H2,1-2H3. The molecule has 122 valence electrons. The number of ether oxygens (including phenoxy) is 1. The summed E-state index contributed by atoms with van der Waals surface area (Å²) in [6.07, 6.45) is 7.56. The molecular weight excluding hydrogens is 268 g/mol. The quantitative estimate of drug-likeness (QED) is 0.803. The van der Waals surface area contributed by atoms with E-state index in [2.05, 4.69) is 5.32 Å². The molecular formula is C16H30N2O3. The van der Waals surface area contributed by atoms with Gasteiger partial charge < -0.3 is 20.1 Å². The van der Waals surface area contributed by atoms with E-state index in [-0.39, 0.29) is 11.4 Å². The van der Waals surface area contributed by atoms with Gasteiger partial charge in [-0.15, -0.1) is 0 Å². The largest absolute Gasteiger partial charge is 0.388 e. The number of aliphatic hydroxyl groups is 1. The van der Waals surface area contributed by atoms with Gasteiger partial charge in [0.15, 0.2) is 0 Å². The zero-order valence-electron chi connectivity index (χ0n) is 13.5. The first-order valence-electron chi connectivity index (χ1n) is 8.22. The van der Waals surface area contributed by atoms with Gasteiger partial charge in [0.1, 0.15) is 0 Å². The predicted octanol–water partition coefficient (Wildman–Crippen LogP) is 1.30. The molecule has 2 aliphatic rings. The highest BCUT2D eigenvalue weighted by molar-refractivity contribution is 5.77. The van der Waals surface area contributed by atoms with E-state index in [1.165, 1.54) is 19.3 Å². The van der Waals surface area contributed by atoms with Crippen molar-refractivity contribution in [2.75, 3.05) is 33.9 Å². The minimum Gasteiger partial charge on any atom is -0.388 e. The number of carbonyl (C=O) groups is 1. The SMILES string of the molecule is CNC1(CC(=O)N(C)CC2(O)CCOCC2)CCCCC1. The minimum absolute atomic E-state index is 0.0398. The van der Waals surface area contributed by atoms with Gasteiger partial charge >= 0.3 is 0 Å². The molecule has 0 spiro atoms. The molecule has 1 saturated heterocycles. The summed E-state index contributed by atoms with van der Waals surface area (Å²) in [5.41, 5.74) is -0.816. The summed E-state index contributed by atoms with van der Waals surface area (Å²) in [6, 6.07) is 0. The second-order valence-corrected chi connectivity index (χ2v) is 6.85. The number of nitrogens with one attached hydrogen (secondary N) is 1. The zero-order valence-corrected chi connectivity index (χ0v) is 13.5. The van der Waals surface area contributed by atoms with Crippen molar-refractivity contribution in [3.63, 3.8) is 0 Å². The van der Waals surface area contributed by atoms with Gasteiger partial charge in [-0.05, 0) is 19.9 Å². The molecule has 21 heavy (non-hydrogen) atoms. The maximum atomic E-state index is 12.5. The highest BCUT2D eigenvalue weighted by atomic mass is 16.5. The van der Waals surface area contributed by atoms with E-state index in [1.54, 1.807) is 4.90 Å². The Morgan fingerprint density at radius 1 is 1.19 bits per heavy atom. The summed E-state index contributed by atoms with van der Waals surface area (Å²) < 4.78 is 5.29. The van der Waals surface area contributed by atoms with Gasteiger partial charge in [0.2, 0.25) is 5.91 Å². The molecule has 5 nitrogen and oxygen atoms in total. The molecule has 1 aliphatic carbocycles. The van der Waals surface area contributed by atoms with Crippen molar-refractivity contribution in [2.45, 2.75) is 62.5 Å². The van der Waals surface area contributed by atoms with Gasteiger partial charge in [-0.2, -0.15) is 0 Å². The average molecular weight is 298 g/mol. The normalized spacial score (nSPS) is 24.5. The van der Waals surface area contributed by atoms with E-state index in [9.17, 15) is 9.90 Å². The third kappa shape index (κ3) is 4.41. The first-order valence-corrected chi connectivity index (χ1v) is 8.22. The average Bonchev–Trinajstić information content (AvgIpc) is 2.48. The Balaban J connectivity index is 1.89. The fourth-order valence-corrected chi connectivity index (χ4v) is 3.61. The Morgan fingerprint density at radius 3 is 2.38 bits per heavy atom. The number of rotatable bonds is 5. The first-order chi connectivity index (χ1) is 9.99. The molecule has 1 amide bonds. The van der Waals surface area contributed by atoms with Crippen molar-refractivity contribution < 1.29 is 14.6 Å². The Labute approximate surface area is 128 Å². The summed E-state index contributed by atoms with van der Waals surface area (Å²) >= 11 is 0. The molecule has 2 fully saturated rings. The van der Waals surface area contributed by atoms with Crippen molar-refractivity contribution in [1.29, 1.82) is 0 Å². The first kappa shape index (κ1) is 16.7. The van der Waals surface area contributed by atoms with Crippen LogP contribution in [0.3, 0.4) is 0 Å². The van der Waals surface area contributed by atoms with Crippen molar-refractivity contribution in [3.8, 4) is 0 Å². The maximum absolute atomic E-state index is 12.5. The van der Waals surface area contributed by atoms with Crippen LogP contribution in [0, 0.1) is 0 Å². The van der Waals surface area contributed by atoms with Gasteiger partial charge in [0, 0.05) is 51.6 Å². The summed E-state index contributed by atoms with van der Waals surface area (Å²) in [6.45, 7) is 1.58. The van der Waals surface area contributed by atoms with E-state index >= 15 is 0 Å². The monoisotopic (exact) mass is 298 g/mol. The number of likely N-dealkylation sites (N-methyl/N-ethyl adjacent to an activating group) is 1. The lowest BCUT2D eigenvalue weighted by molar-refractivity contribution is -0.138. The highest BCUT2D eigenvalue weighted by Crippen LogP contribution is 2.31. The Kier molecular flexibility index (Phi) is 5.63. The number of carbonyl (C=O) groups excluding carboxylic acids is 1. The van der Waals surface area contributed by atoms with Crippen LogP contribution in [0.2, 0.25) is 0 Å². The molecule has 0 unspecified atom stereocenters. The Hall–Kier alpha value is -0.650. The number of nitrogens with zero attached hydrogens (tertiary/aromatic N) is 1. The van der Waals surface area contributed by atoms with Crippen LogP contribution in [0.1, 0.15) is 51.4 Å². The molecule has 1 aliphatic heterocycles. The van der Waals surface area contributed by atoms with Gasteiger partial charge in [0.25, 0.3) is 0 Å². The van der Waals surface area contributed by atoms with Gasteiger partial charge in [-0.3, -0.25) is 4.79 Å². The van der Waals surface area contributed by atoms with Crippen LogP contribution < -0.4 is 5.32 Å². The van der Waals surface area contributed by atoms with Crippen LogP contribution in [0.5, 0.6) is 0 Å². The third-order valence-corrected chi connectivity index (χ3v) is 5.21. The van der Waals surface area contributed by atoms with E-state index in [1.807, 2.05) is 14.1 Å². The molecule has 1 saturated carbocycles. The number of amides is 1. The minimum atomic E-state index is -0.776. The van der Waals surface area contributed by atoms with Crippen LogP contribution >= 0.6 is 0 Å². The maximum Gasteiger partial charge on any atom is 0.224 e. The summed E-state index contributed by atoms with van der Waals surface area (Å²) in [5.74, 6) is 0.131. The topological polar surface area (TPSA) is 61.8 Å². The van der Waals surface area contributed by atoms with Gasteiger partial charge in [-0.1, -0.05) is 19.3 Å². The molecule has 0 aromatic rings. The van der Waals surface area contributed by atoms with Gasteiger partial charge in [0.05, 0.1) is 5.60 Å². The fraction of sp³-hybridized carbons (Fsp3) is 0.938. The van der Waals surface area contributed by atoms with Crippen LogP contribution in [0.25, 0.3) is 0 Å². The van der Waals surface area contributed by atoms with Crippen LogP contribution in [0.4, 0.5) is 0 Å². The molecule has 0 radical (unpaired) electrons. The van der Waals surface area contributed by atoms with E-state index in [0.29, 0.717) is 39.0 Å². The van der Waals surface area contributed by atoms with Crippen LogP contribution in [-0.2, 0) is 9.53 Å². The number of hydrogen-bond donors (Lipinski definition) is 2. The van der Waals surface area contributed by atoms with Crippen LogP contribution in [0.15, 0.2) is 0 Å². The lowest BCUT2D eigenvalue weighted by atomic mass is 9.79. The molecule has 0 bridgehead atoms. The van der Waals surface area contributed by atoms with Crippen molar-refractivity contribution in [2.24, 2.45) is 0 Å². The molecule has 0 aromatic heterocycles. The molecule has 5 heteroatoms. The summed E-state index contributed by atoms with van der Waals surface area (Å²) in [4.78, 5) is 14.2. The second kappa shape index (κ2) is 7.07. The molecule has 2 N–H and O–H groups in total. The molecule has 2 rings (SSSR count). The molecule has 0 aromatic carbocycles. The van der Waals surface area contributed by atoms with E-state index < -0.39 is 5.60 Å². The lowest BCUT2D eigenvalue weighted by Crippen LogP contribution is -2.51. The zero-order chi connectivity index (χ0) is 15.3. The molecule has 0 atom stereocenters. The van der Waals surface area contributed by atoms with Crippen molar-refractivity contribution in [1.82, 2.24) is 10.2 Å². The lowest BCUT2D eigenvalue weighted by Gasteiger charge is -2.39. The summed E-state index contributed by atoms with van der Waals surface area (Å²) in [7, 11) is 3.77. The summed E-state index contributed by atoms with van der Waals surface area (Å²) in [5, 5.41) is 13.9. The van der Waals surface area contributed by atoms with E-state index in [0.717, 1.165) is 12.8 Å². The number of hydrogen-bond acceptors (Lipinski definition) is 4. The molecule has 1 heterocycles. The smallest absolute Gasteiger partial charge is 0.224 e.